The molecule has 1 fully saturated rings. The molecule has 0 aliphatic heterocycles. The van der Waals surface area contributed by atoms with Gasteiger partial charge in [-0.05, 0) is 35.5 Å². The van der Waals surface area contributed by atoms with Crippen molar-refractivity contribution in [3.63, 3.8) is 0 Å². The van der Waals surface area contributed by atoms with E-state index in [2.05, 4.69) is 46.0 Å². The Bertz CT molecular complexity index is 534. The Balaban J connectivity index is 1.84. The molecule has 2 atom stereocenters. The Morgan fingerprint density at radius 2 is 1.62 bits per heavy atom. The minimum Gasteiger partial charge on any atom is -0.417 e. The zero-order chi connectivity index (χ0) is 17.8. The van der Waals surface area contributed by atoms with Gasteiger partial charge in [0.25, 0.3) is 0 Å². The topological polar surface area (TPSA) is 35.5 Å². The van der Waals surface area contributed by atoms with Crippen LogP contribution in [0, 0.1) is 11.8 Å². The van der Waals surface area contributed by atoms with Crippen LogP contribution in [0.4, 0.5) is 0 Å². The highest BCUT2D eigenvalue weighted by atomic mass is 28.4. The van der Waals surface area contributed by atoms with Crippen LogP contribution in [0.15, 0.2) is 30.3 Å². The van der Waals surface area contributed by atoms with E-state index in [1.165, 1.54) is 5.56 Å². The van der Waals surface area contributed by atoms with Crippen LogP contribution >= 0.6 is 0 Å². The molecule has 0 radical (unpaired) electrons. The van der Waals surface area contributed by atoms with Crippen LogP contribution in [-0.2, 0) is 20.6 Å². The predicted octanol–water partition coefficient (Wildman–Crippen LogP) is 4.82. The molecule has 0 saturated heterocycles. The smallest absolute Gasteiger partial charge is 0.191 e. The maximum atomic E-state index is 11.9. The van der Waals surface area contributed by atoms with Gasteiger partial charge in [-0.1, -0.05) is 51.1 Å². The van der Waals surface area contributed by atoms with E-state index < -0.39 is 8.32 Å². The average molecular weight is 349 g/mol. The molecule has 0 spiro atoms. The molecular weight excluding hydrogens is 316 g/mol. The number of ether oxygens (including phenoxy) is 1. The Kier molecular flexibility index (Phi) is 6.40. The van der Waals surface area contributed by atoms with E-state index in [1.54, 1.807) is 0 Å². The van der Waals surface area contributed by atoms with Crippen LogP contribution in [0.1, 0.15) is 39.2 Å². The fourth-order valence-corrected chi connectivity index (χ4v) is 3.89. The van der Waals surface area contributed by atoms with Crippen molar-refractivity contribution in [3.05, 3.63) is 35.9 Å². The van der Waals surface area contributed by atoms with E-state index in [4.69, 9.17) is 9.16 Å². The van der Waals surface area contributed by atoms with Gasteiger partial charge in [0.15, 0.2) is 8.32 Å². The monoisotopic (exact) mass is 348 g/mol. The van der Waals surface area contributed by atoms with Crippen molar-refractivity contribution in [3.8, 4) is 0 Å². The normalized spacial score (nSPS) is 22.1. The standard InChI is InChI=1S/C20H32O3Si/c1-20(2,3)24(4,5)23-15-18-12-19(21)11-17(18)14-22-13-16-9-7-6-8-10-16/h6-10,17-18H,11-15H2,1-5H3/t17-,18?/m0/s1. The molecule has 0 heterocycles. The average Bonchev–Trinajstić information content (AvgIpc) is 2.85. The van der Waals surface area contributed by atoms with Crippen molar-refractivity contribution in [1.29, 1.82) is 0 Å². The molecule has 1 unspecified atom stereocenters. The number of ketones is 1. The Morgan fingerprint density at radius 3 is 2.21 bits per heavy atom. The lowest BCUT2D eigenvalue weighted by Crippen LogP contribution is -2.42. The van der Waals surface area contributed by atoms with Crippen LogP contribution in [0.5, 0.6) is 0 Å². The Hall–Kier alpha value is -0.973. The summed E-state index contributed by atoms with van der Waals surface area (Å²) in [5, 5.41) is 0.203. The van der Waals surface area contributed by atoms with Gasteiger partial charge in [0.1, 0.15) is 5.78 Å². The van der Waals surface area contributed by atoms with Gasteiger partial charge in [-0.25, -0.2) is 0 Å². The van der Waals surface area contributed by atoms with E-state index in [0.717, 1.165) is 0 Å². The third-order valence-corrected chi connectivity index (χ3v) is 10.1. The van der Waals surface area contributed by atoms with Crippen molar-refractivity contribution >= 4 is 14.1 Å². The van der Waals surface area contributed by atoms with E-state index in [0.29, 0.717) is 50.3 Å². The van der Waals surface area contributed by atoms with Crippen LogP contribution in [0.3, 0.4) is 0 Å². The van der Waals surface area contributed by atoms with E-state index in [-0.39, 0.29) is 5.04 Å². The number of carbonyl (C=O) groups is 1. The summed E-state index contributed by atoms with van der Waals surface area (Å²) in [4.78, 5) is 11.9. The fourth-order valence-electron chi connectivity index (χ4n) is 2.83. The molecule has 24 heavy (non-hydrogen) atoms. The van der Waals surface area contributed by atoms with E-state index in [9.17, 15) is 4.79 Å². The minimum atomic E-state index is -1.76. The molecule has 0 aromatic heterocycles. The summed E-state index contributed by atoms with van der Waals surface area (Å²) in [7, 11) is -1.76. The van der Waals surface area contributed by atoms with Crippen molar-refractivity contribution in [2.45, 2.75) is 58.4 Å². The molecule has 1 aliphatic rings. The Labute approximate surface area is 147 Å². The van der Waals surface area contributed by atoms with Crippen LogP contribution in [-0.4, -0.2) is 27.3 Å². The first kappa shape index (κ1) is 19.4. The van der Waals surface area contributed by atoms with Gasteiger partial charge in [0.2, 0.25) is 0 Å². The summed E-state index contributed by atoms with van der Waals surface area (Å²) < 4.78 is 12.2. The number of carbonyl (C=O) groups excluding carboxylic acids is 1. The number of hydrogen-bond acceptors (Lipinski definition) is 3. The van der Waals surface area contributed by atoms with Gasteiger partial charge in [-0.3, -0.25) is 4.79 Å². The van der Waals surface area contributed by atoms with Crippen molar-refractivity contribution in [2.75, 3.05) is 13.2 Å². The highest BCUT2D eigenvalue weighted by molar-refractivity contribution is 6.74. The first-order valence-corrected chi connectivity index (χ1v) is 11.9. The zero-order valence-corrected chi connectivity index (χ0v) is 16.8. The highest BCUT2D eigenvalue weighted by Gasteiger charge is 2.40. The largest absolute Gasteiger partial charge is 0.417 e. The van der Waals surface area contributed by atoms with Crippen molar-refractivity contribution in [2.24, 2.45) is 11.8 Å². The molecule has 1 aromatic rings. The minimum absolute atomic E-state index is 0.203. The van der Waals surface area contributed by atoms with Gasteiger partial charge >= 0.3 is 0 Å². The van der Waals surface area contributed by atoms with Gasteiger partial charge in [0, 0.05) is 19.4 Å². The van der Waals surface area contributed by atoms with Crippen molar-refractivity contribution in [1.82, 2.24) is 0 Å². The van der Waals surface area contributed by atoms with Gasteiger partial charge < -0.3 is 9.16 Å². The molecule has 134 valence electrons. The van der Waals surface area contributed by atoms with E-state index >= 15 is 0 Å². The van der Waals surface area contributed by atoms with Gasteiger partial charge in [-0.2, -0.15) is 0 Å². The van der Waals surface area contributed by atoms with Crippen LogP contribution < -0.4 is 0 Å². The van der Waals surface area contributed by atoms with Gasteiger partial charge in [-0.15, -0.1) is 0 Å². The molecule has 1 aromatic carbocycles. The SMILES string of the molecule is CC(C)(C)[Si](C)(C)OCC1CC(=O)C[C@H]1COCc1ccccc1. The Morgan fingerprint density at radius 1 is 1.04 bits per heavy atom. The quantitative estimate of drug-likeness (QED) is 0.663. The summed E-state index contributed by atoms with van der Waals surface area (Å²) >= 11 is 0. The lowest BCUT2D eigenvalue weighted by atomic mass is 9.98. The van der Waals surface area contributed by atoms with Crippen LogP contribution in [0.25, 0.3) is 0 Å². The van der Waals surface area contributed by atoms with Crippen LogP contribution in [0.2, 0.25) is 18.1 Å². The number of benzene rings is 1. The molecule has 1 saturated carbocycles. The summed E-state index contributed by atoms with van der Waals surface area (Å²) in [6, 6.07) is 10.2. The summed E-state index contributed by atoms with van der Waals surface area (Å²) in [6.07, 6.45) is 1.29. The van der Waals surface area contributed by atoms with E-state index in [1.807, 2.05) is 18.2 Å². The predicted molar refractivity (Wildman–Crippen MR) is 100 cm³/mol. The highest BCUT2D eigenvalue weighted by Crippen LogP contribution is 2.38. The molecule has 4 heteroatoms. The summed E-state index contributed by atoms with van der Waals surface area (Å²) in [5.74, 6) is 0.959. The van der Waals surface area contributed by atoms with Gasteiger partial charge in [0.05, 0.1) is 13.2 Å². The fraction of sp³-hybridized carbons (Fsp3) is 0.650. The first-order chi connectivity index (χ1) is 11.2. The molecule has 0 N–H and O–H groups in total. The summed E-state index contributed by atoms with van der Waals surface area (Å²) in [5.41, 5.74) is 1.18. The summed E-state index contributed by atoms with van der Waals surface area (Å²) in [6.45, 7) is 13.2. The maximum Gasteiger partial charge on any atom is 0.191 e. The third kappa shape index (κ3) is 5.26. The lowest BCUT2D eigenvalue weighted by Gasteiger charge is -2.37. The second kappa shape index (κ2) is 7.94. The number of hydrogen-bond donors (Lipinski definition) is 0. The number of Topliss-reactive ketones (excluding diaryl/α,β-unsaturated/α-hetero) is 1. The second-order valence-electron chi connectivity index (χ2n) is 8.54. The van der Waals surface area contributed by atoms with Crippen molar-refractivity contribution < 1.29 is 14.0 Å². The maximum absolute atomic E-state index is 11.9. The second-order valence-corrected chi connectivity index (χ2v) is 13.3. The molecule has 3 nitrogen and oxygen atoms in total. The molecule has 0 bridgehead atoms. The molecule has 2 rings (SSSR count). The molecule has 0 amide bonds. The lowest BCUT2D eigenvalue weighted by molar-refractivity contribution is -0.117. The first-order valence-electron chi connectivity index (χ1n) is 8.96. The molecular formula is C20H32O3Si. The molecule has 1 aliphatic carbocycles. The zero-order valence-electron chi connectivity index (χ0n) is 15.8. The number of rotatable bonds is 7. The third-order valence-electron chi connectivity index (χ3n) is 5.55.